The van der Waals surface area contributed by atoms with E-state index in [9.17, 15) is 13.2 Å². The number of carbonyl (C=O) groups is 1. The first kappa shape index (κ1) is 15.0. The van der Waals surface area contributed by atoms with Crippen LogP contribution in [0.1, 0.15) is 30.9 Å². The van der Waals surface area contributed by atoms with Gasteiger partial charge in [0.2, 0.25) is 10.0 Å². The lowest BCUT2D eigenvalue weighted by molar-refractivity contribution is -0.141. The molecule has 0 aliphatic heterocycles. The normalized spacial score (nSPS) is 15.8. The van der Waals surface area contributed by atoms with Crippen molar-refractivity contribution in [3.63, 3.8) is 0 Å². The maximum atomic E-state index is 12.1. The van der Waals surface area contributed by atoms with E-state index in [1.165, 1.54) is 5.56 Å². The van der Waals surface area contributed by atoms with E-state index in [1.807, 2.05) is 6.07 Å². The number of benzene rings is 1. The van der Waals surface area contributed by atoms with E-state index in [1.54, 1.807) is 19.1 Å². The molecule has 1 atom stereocenters. The molecular weight excluding hydrogens is 278 g/mol. The Hall–Kier alpha value is -1.40. The van der Waals surface area contributed by atoms with Gasteiger partial charge in [0, 0.05) is 6.54 Å². The first-order valence-electron chi connectivity index (χ1n) is 6.74. The van der Waals surface area contributed by atoms with Gasteiger partial charge < -0.3 is 5.11 Å². The van der Waals surface area contributed by atoms with Crippen molar-refractivity contribution in [3.8, 4) is 0 Å². The lowest BCUT2D eigenvalue weighted by Gasteiger charge is -2.10. The van der Waals surface area contributed by atoms with Crippen molar-refractivity contribution >= 4 is 16.0 Å². The lowest BCUT2D eigenvalue weighted by atomic mass is 10.1. The third-order valence-electron chi connectivity index (χ3n) is 3.67. The summed E-state index contributed by atoms with van der Waals surface area (Å²) in [5.74, 6) is -1.47. The number of aliphatic carboxylic acids is 1. The highest BCUT2D eigenvalue weighted by Gasteiger charge is 2.19. The highest BCUT2D eigenvalue weighted by atomic mass is 32.2. The molecule has 110 valence electrons. The van der Waals surface area contributed by atoms with Gasteiger partial charge >= 0.3 is 5.97 Å². The molecule has 1 aromatic rings. The van der Waals surface area contributed by atoms with E-state index in [4.69, 9.17) is 5.11 Å². The van der Waals surface area contributed by atoms with Crippen molar-refractivity contribution in [2.45, 2.75) is 37.5 Å². The zero-order valence-corrected chi connectivity index (χ0v) is 12.2. The Balaban J connectivity index is 2.02. The van der Waals surface area contributed by atoms with Crippen LogP contribution in [0.3, 0.4) is 0 Å². The fraction of sp³-hybridized carbons (Fsp3) is 0.500. The summed E-state index contributed by atoms with van der Waals surface area (Å²) in [7, 11) is -3.55. The molecule has 0 spiro atoms. The molecule has 5 nitrogen and oxygen atoms in total. The van der Waals surface area contributed by atoms with Gasteiger partial charge in [-0.2, -0.15) is 0 Å². The topological polar surface area (TPSA) is 83.5 Å². The Labute approximate surface area is 119 Å². The van der Waals surface area contributed by atoms with Gasteiger partial charge in [0.1, 0.15) is 0 Å². The molecule has 0 amide bonds. The van der Waals surface area contributed by atoms with E-state index >= 15 is 0 Å². The van der Waals surface area contributed by atoms with Crippen molar-refractivity contribution in [3.05, 3.63) is 29.3 Å². The fourth-order valence-electron chi connectivity index (χ4n) is 2.33. The van der Waals surface area contributed by atoms with Gasteiger partial charge in [-0.3, -0.25) is 4.79 Å². The molecule has 0 saturated heterocycles. The van der Waals surface area contributed by atoms with Crippen LogP contribution in [0.25, 0.3) is 0 Å². The Morgan fingerprint density at radius 2 is 2.05 bits per heavy atom. The van der Waals surface area contributed by atoms with Crippen LogP contribution in [0.15, 0.2) is 23.1 Å². The number of hydrogen-bond acceptors (Lipinski definition) is 3. The summed E-state index contributed by atoms with van der Waals surface area (Å²) in [5.41, 5.74) is 2.33. The molecule has 1 aliphatic rings. The second-order valence-electron chi connectivity index (χ2n) is 5.21. The minimum Gasteiger partial charge on any atom is -0.481 e. The van der Waals surface area contributed by atoms with Gasteiger partial charge in [0.05, 0.1) is 10.8 Å². The average Bonchev–Trinajstić information content (AvgIpc) is 2.85. The second kappa shape index (κ2) is 5.93. The molecule has 1 unspecified atom stereocenters. The van der Waals surface area contributed by atoms with Crippen LogP contribution >= 0.6 is 0 Å². The summed E-state index contributed by atoms with van der Waals surface area (Å²) in [6.45, 7) is 1.69. The lowest BCUT2D eigenvalue weighted by Crippen LogP contribution is -2.27. The van der Waals surface area contributed by atoms with Gasteiger partial charge in [0.15, 0.2) is 0 Å². The first-order chi connectivity index (χ1) is 9.40. The predicted molar refractivity (Wildman–Crippen MR) is 75.1 cm³/mol. The van der Waals surface area contributed by atoms with Gasteiger partial charge in [-0.1, -0.05) is 13.0 Å². The van der Waals surface area contributed by atoms with Crippen LogP contribution in [0.4, 0.5) is 0 Å². The van der Waals surface area contributed by atoms with E-state index in [0.29, 0.717) is 0 Å². The second-order valence-corrected chi connectivity index (χ2v) is 6.98. The highest BCUT2D eigenvalue weighted by Crippen LogP contribution is 2.24. The van der Waals surface area contributed by atoms with E-state index in [-0.39, 0.29) is 17.9 Å². The van der Waals surface area contributed by atoms with Crippen LogP contribution in [0.5, 0.6) is 0 Å². The zero-order chi connectivity index (χ0) is 14.8. The van der Waals surface area contributed by atoms with Gasteiger partial charge in [-0.25, -0.2) is 13.1 Å². The monoisotopic (exact) mass is 297 g/mol. The molecule has 0 aromatic heterocycles. The number of nitrogens with one attached hydrogen (secondary N) is 1. The number of carboxylic acid groups (broad SMARTS) is 1. The quantitative estimate of drug-likeness (QED) is 0.834. The molecule has 1 aliphatic carbocycles. The van der Waals surface area contributed by atoms with E-state index in [0.717, 1.165) is 24.8 Å². The van der Waals surface area contributed by atoms with Crippen molar-refractivity contribution in [1.82, 2.24) is 4.72 Å². The van der Waals surface area contributed by atoms with Gasteiger partial charge in [-0.15, -0.1) is 0 Å². The maximum absolute atomic E-state index is 12.1. The van der Waals surface area contributed by atoms with Crippen molar-refractivity contribution in [1.29, 1.82) is 0 Å². The van der Waals surface area contributed by atoms with Crippen molar-refractivity contribution < 1.29 is 18.3 Å². The maximum Gasteiger partial charge on any atom is 0.306 e. The number of aryl methyl sites for hydroxylation is 2. The molecule has 0 saturated carbocycles. The Morgan fingerprint density at radius 3 is 2.75 bits per heavy atom. The van der Waals surface area contributed by atoms with E-state index in [2.05, 4.69) is 4.72 Å². The standard InChI is InChI=1S/C14H19NO4S/c1-10(14(16)17)7-8-15-20(18,19)13-6-5-11-3-2-4-12(11)9-13/h5-6,9-10,15H,2-4,7-8H2,1H3,(H,16,17). The average molecular weight is 297 g/mol. The molecule has 0 radical (unpaired) electrons. The number of carboxylic acids is 1. The van der Waals surface area contributed by atoms with E-state index < -0.39 is 21.9 Å². The summed E-state index contributed by atoms with van der Waals surface area (Å²) in [4.78, 5) is 10.9. The minimum absolute atomic E-state index is 0.132. The number of rotatable bonds is 6. The molecule has 0 bridgehead atoms. The van der Waals surface area contributed by atoms with Crippen molar-refractivity contribution in [2.75, 3.05) is 6.54 Å². The largest absolute Gasteiger partial charge is 0.481 e. The molecule has 20 heavy (non-hydrogen) atoms. The number of fused-ring (bicyclic) bond motifs is 1. The predicted octanol–water partition coefficient (Wildman–Crippen LogP) is 1.56. The first-order valence-corrected chi connectivity index (χ1v) is 8.23. The SMILES string of the molecule is CC(CCNS(=O)(=O)c1ccc2c(c1)CCC2)C(=O)O. The molecule has 0 heterocycles. The van der Waals surface area contributed by atoms with Gasteiger partial charge in [-0.05, 0) is 48.9 Å². The fourth-order valence-corrected chi connectivity index (χ4v) is 3.43. The summed E-state index contributed by atoms with van der Waals surface area (Å²) >= 11 is 0. The van der Waals surface area contributed by atoms with Crippen LogP contribution in [0, 0.1) is 5.92 Å². The number of hydrogen-bond donors (Lipinski definition) is 2. The minimum atomic E-state index is -3.55. The summed E-state index contributed by atoms with van der Waals surface area (Å²) in [5, 5.41) is 8.76. The third-order valence-corrected chi connectivity index (χ3v) is 5.13. The third kappa shape index (κ3) is 3.37. The molecule has 0 fully saturated rings. The van der Waals surface area contributed by atoms with Crippen LogP contribution in [-0.2, 0) is 27.7 Å². The van der Waals surface area contributed by atoms with Gasteiger partial charge in [0.25, 0.3) is 0 Å². The summed E-state index contributed by atoms with van der Waals surface area (Å²) in [6.07, 6.45) is 3.29. The van der Waals surface area contributed by atoms with Crippen LogP contribution < -0.4 is 4.72 Å². The zero-order valence-electron chi connectivity index (χ0n) is 11.4. The summed E-state index contributed by atoms with van der Waals surface area (Å²) < 4.78 is 26.7. The molecular formula is C14H19NO4S. The van der Waals surface area contributed by atoms with Crippen molar-refractivity contribution in [2.24, 2.45) is 5.92 Å². The Kier molecular flexibility index (Phi) is 4.45. The molecule has 2 N–H and O–H groups in total. The highest BCUT2D eigenvalue weighted by molar-refractivity contribution is 7.89. The Bertz CT molecular complexity index is 610. The molecule has 2 rings (SSSR count). The molecule has 1 aromatic carbocycles. The van der Waals surface area contributed by atoms with Crippen LogP contribution in [-0.4, -0.2) is 26.0 Å². The summed E-state index contributed by atoms with van der Waals surface area (Å²) in [6, 6.07) is 5.22. The molecule has 6 heteroatoms. The smallest absolute Gasteiger partial charge is 0.306 e. The number of sulfonamides is 1. The Morgan fingerprint density at radius 1 is 1.35 bits per heavy atom. The van der Waals surface area contributed by atoms with Crippen LogP contribution in [0.2, 0.25) is 0 Å².